The largest absolute Gasteiger partial charge is 0.490 e. The maximum atomic E-state index is 13.5. The van der Waals surface area contributed by atoms with E-state index in [1.807, 2.05) is 0 Å². The smallest absolute Gasteiger partial charge is 0.243 e. The first kappa shape index (κ1) is 24.2. The molecule has 0 aromatic heterocycles. The summed E-state index contributed by atoms with van der Waals surface area (Å²) in [6.07, 6.45) is 5.37. The third-order valence-electron chi connectivity index (χ3n) is 5.50. The van der Waals surface area contributed by atoms with Crippen LogP contribution in [0.4, 0.5) is 4.39 Å². The Morgan fingerprint density at radius 2 is 1.69 bits per heavy atom. The predicted octanol–water partition coefficient (Wildman–Crippen LogP) is 3.91. The number of carbonyl (C=O) groups is 1. The van der Waals surface area contributed by atoms with Crippen molar-refractivity contribution in [1.82, 2.24) is 9.62 Å². The van der Waals surface area contributed by atoms with Crippen LogP contribution in [-0.4, -0.2) is 44.9 Å². The van der Waals surface area contributed by atoms with E-state index >= 15 is 0 Å². The summed E-state index contributed by atoms with van der Waals surface area (Å²) >= 11 is 0. The maximum absolute atomic E-state index is 13.5. The zero-order valence-corrected chi connectivity index (χ0v) is 19.1. The van der Waals surface area contributed by atoms with Crippen LogP contribution in [0.3, 0.4) is 0 Å². The Morgan fingerprint density at radius 1 is 1.00 bits per heavy atom. The Bertz CT molecular complexity index is 972. The zero-order chi connectivity index (χ0) is 22.8. The van der Waals surface area contributed by atoms with E-state index in [1.165, 1.54) is 6.07 Å². The number of benzene rings is 2. The number of nitrogens with zero attached hydrogens (tertiary/aromatic N) is 1. The van der Waals surface area contributed by atoms with Gasteiger partial charge in [0.25, 0.3) is 0 Å². The first-order valence-corrected chi connectivity index (χ1v) is 12.6. The first-order chi connectivity index (χ1) is 15.5. The van der Waals surface area contributed by atoms with Crippen molar-refractivity contribution in [3.05, 3.63) is 59.9 Å². The number of para-hydroxylation sites is 1. The van der Waals surface area contributed by atoms with E-state index in [4.69, 9.17) is 4.74 Å². The predicted molar refractivity (Wildman–Crippen MR) is 122 cm³/mol. The molecule has 0 atom stereocenters. The minimum absolute atomic E-state index is 0.0860. The Morgan fingerprint density at radius 3 is 2.38 bits per heavy atom. The standard InChI is InChI=1S/C24H31FN2O4S/c25-22-8-3-4-9-23(22)31-19-7-16-26-24(28)15-12-20-10-13-21(14-11-20)32(29,30)27-17-5-1-2-6-18-27/h3-4,8-11,13-14H,1-2,5-7,12,15-19H2,(H,26,28). The molecule has 1 heterocycles. The van der Waals surface area contributed by atoms with Gasteiger partial charge in [-0.05, 0) is 55.5 Å². The zero-order valence-electron chi connectivity index (χ0n) is 18.3. The van der Waals surface area contributed by atoms with Gasteiger partial charge in [-0.3, -0.25) is 4.79 Å². The van der Waals surface area contributed by atoms with Crippen molar-refractivity contribution in [2.45, 2.75) is 49.8 Å². The highest BCUT2D eigenvalue weighted by Gasteiger charge is 2.24. The van der Waals surface area contributed by atoms with Crippen molar-refractivity contribution >= 4 is 15.9 Å². The fourth-order valence-electron chi connectivity index (χ4n) is 3.65. The number of carbonyl (C=O) groups excluding carboxylic acids is 1. The van der Waals surface area contributed by atoms with Crippen LogP contribution < -0.4 is 10.1 Å². The van der Waals surface area contributed by atoms with Gasteiger partial charge in [0.2, 0.25) is 15.9 Å². The molecule has 3 rings (SSSR count). The molecule has 1 saturated heterocycles. The lowest BCUT2D eigenvalue weighted by atomic mass is 10.1. The molecule has 1 N–H and O–H groups in total. The number of ether oxygens (including phenoxy) is 1. The number of hydrogen-bond acceptors (Lipinski definition) is 4. The van der Waals surface area contributed by atoms with E-state index < -0.39 is 15.8 Å². The number of sulfonamides is 1. The van der Waals surface area contributed by atoms with Crippen LogP contribution in [0.25, 0.3) is 0 Å². The summed E-state index contributed by atoms with van der Waals surface area (Å²) in [5, 5.41) is 2.82. The fourth-order valence-corrected chi connectivity index (χ4v) is 5.17. The monoisotopic (exact) mass is 462 g/mol. The van der Waals surface area contributed by atoms with E-state index in [1.54, 1.807) is 46.8 Å². The van der Waals surface area contributed by atoms with Crippen molar-refractivity contribution in [3.63, 3.8) is 0 Å². The van der Waals surface area contributed by atoms with Gasteiger partial charge in [-0.15, -0.1) is 0 Å². The van der Waals surface area contributed by atoms with Gasteiger partial charge >= 0.3 is 0 Å². The minimum Gasteiger partial charge on any atom is -0.490 e. The number of rotatable bonds is 10. The van der Waals surface area contributed by atoms with Gasteiger partial charge in [0, 0.05) is 26.1 Å². The first-order valence-electron chi connectivity index (χ1n) is 11.2. The summed E-state index contributed by atoms with van der Waals surface area (Å²) in [6.45, 7) is 1.92. The summed E-state index contributed by atoms with van der Waals surface area (Å²) in [5.74, 6) is -0.279. The van der Waals surface area contributed by atoms with Crippen LogP contribution in [-0.2, 0) is 21.2 Å². The fraction of sp³-hybridized carbons (Fsp3) is 0.458. The van der Waals surface area contributed by atoms with Gasteiger partial charge < -0.3 is 10.1 Å². The molecule has 0 unspecified atom stereocenters. The minimum atomic E-state index is -3.46. The van der Waals surface area contributed by atoms with E-state index in [0.717, 1.165) is 31.2 Å². The summed E-state index contributed by atoms with van der Waals surface area (Å²) in [5.41, 5.74) is 0.915. The quantitative estimate of drug-likeness (QED) is 0.543. The number of halogens is 1. The summed E-state index contributed by atoms with van der Waals surface area (Å²) in [6, 6.07) is 13.0. The molecule has 8 heteroatoms. The molecule has 1 fully saturated rings. The third-order valence-corrected chi connectivity index (χ3v) is 7.42. The van der Waals surface area contributed by atoms with Crippen LogP contribution in [0.15, 0.2) is 53.4 Å². The number of nitrogens with one attached hydrogen (secondary N) is 1. The Kier molecular flexibility index (Phi) is 9.05. The van der Waals surface area contributed by atoms with E-state index in [0.29, 0.717) is 50.4 Å². The summed E-state index contributed by atoms with van der Waals surface area (Å²) in [4.78, 5) is 12.4. The van der Waals surface area contributed by atoms with Gasteiger partial charge in [0.05, 0.1) is 11.5 Å². The van der Waals surface area contributed by atoms with Crippen LogP contribution in [0.1, 0.15) is 44.1 Å². The molecule has 32 heavy (non-hydrogen) atoms. The van der Waals surface area contributed by atoms with Crippen LogP contribution in [0, 0.1) is 5.82 Å². The summed E-state index contributed by atoms with van der Waals surface area (Å²) < 4.78 is 46.1. The van der Waals surface area contributed by atoms with Crippen molar-refractivity contribution in [3.8, 4) is 5.75 Å². The van der Waals surface area contributed by atoms with Gasteiger partial charge in [-0.1, -0.05) is 37.1 Å². The van der Waals surface area contributed by atoms with Crippen LogP contribution in [0.2, 0.25) is 0 Å². The van der Waals surface area contributed by atoms with Gasteiger partial charge in [-0.25, -0.2) is 12.8 Å². The molecule has 0 spiro atoms. The molecule has 0 aliphatic carbocycles. The number of hydrogen-bond donors (Lipinski definition) is 1. The Balaban J connectivity index is 1.38. The molecular formula is C24H31FN2O4S. The van der Waals surface area contributed by atoms with Gasteiger partial charge in [0.15, 0.2) is 11.6 Å². The third kappa shape index (κ3) is 7.03. The molecule has 1 aliphatic heterocycles. The van der Waals surface area contributed by atoms with Crippen molar-refractivity contribution in [2.24, 2.45) is 0 Å². The number of aryl methyl sites for hydroxylation is 1. The van der Waals surface area contributed by atoms with Crippen molar-refractivity contribution < 1.29 is 22.3 Å². The molecular weight excluding hydrogens is 431 g/mol. The highest BCUT2D eigenvalue weighted by molar-refractivity contribution is 7.89. The second-order valence-corrected chi connectivity index (χ2v) is 9.88. The second kappa shape index (κ2) is 12.0. The van der Waals surface area contributed by atoms with Gasteiger partial charge in [0.1, 0.15) is 0 Å². The van der Waals surface area contributed by atoms with Crippen molar-refractivity contribution in [1.29, 1.82) is 0 Å². The topological polar surface area (TPSA) is 75.7 Å². The molecule has 2 aromatic rings. The van der Waals surface area contributed by atoms with Crippen LogP contribution >= 0.6 is 0 Å². The summed E-state index contributed by atoms with van der Waals surface area (Å²) in [7, 11) is -3.46. The normalized spacial score (nSPS) is 15.2. The SMILES string of the molecule is O=C(CCc1ccc(S(=O)(=O)N2CCCCCC2)cc1)NCCCOc1ccccc1F. The molecule has 174 valence electrons. The maximum Gasteiger partial charge on any atom is 0.243 e. The molecule has 1 amide bonds. The molecule has 6 nitrogen and oxygen atoms in total. The highest BCUT2D eigenvalue weighted by Crippen LogP contribution is 2.21. The van der Waals surface area contributed by atoms with E-state index in [-0.39, 0.29) is 11.7 Å². The lowest BCUT2D eigenvalue weighted by Crippen LogP contribution is -2.31. The molecule has 0 bridgehead atoms. The Labute approximate surface area is 189 Å². The van der Waals surface area contributed by atoms with E-state index in [9.17, 15) is 17.6 Å². The average Bonchev–Trinajstić information content (AvgIpc) is 3.09. The Hall–Kier alpha value is -2.45. The molecule has 0 radical (unpaired) electrons. The lowest BCUT2D eigenvalue weighted by molar-refractivity contribution is -0.121. The van der Waals surface area contributed by atoms with Crippen LogP contribution in [0.5, 0.6) is 5.75 Å². The number of amides is 1. The van der Waals surface area contributed by atoms with E-state index in [2.05, 4.69) is 5.32 Å². The second-order valence-electron chi connectivity index (χ2n) is 7.94. The van der Waals surface area contributed by atoms with Crippen molar-refractivity contribution in [2.75, 3.05) is 26.2 Å². The average molecular weight is 463 g/mol. The molecule has 2 aromatic carbocycles. The highest BCUT2D eigenvalue weighted by atomic mass is 32.2. The van der Waals surface area contributed by atoms with Gasteiger partial charge in [-0.2, -0.15) is 4.31 Å². The molecule has 0 saturated carbocycles. The molecule has 1 aliphatic rings. The lowest BCUT2D eigenvalue weighted by Gasteiger charge is -2.20.